The number of carbonyl (C=O) groups is 3. The molecule has 40 heavy (non-hydrogen) atoms. The number of allylic oxidation sites excluding steroid dienone is 1. The van der Waals surface area contributed by atoms with Crippen LogP contribution < -0.4 is 5.32 Å². The Morgan fingerprint density at radius 3 is 2.15 bits per heavy atom. The van der Waals surface area contributed by atoms with Gasteiger partial charge in [-0.2, -0.15) is 0 Å². The van der Waals surface area contributed by atoms with Crippen LogP contribution in [0.2, 0.25) is 26.2 Å². The van der Waals surface area contributed by atoms with Crippen molar-refractivity contribution in [3.63, 3.8) is 0 Å². The number of ether oxygens (including phenoxy) is 1. The van der Waals surface area contributed by atoms with Crippen molar-refractivity contribution in [3.05, 3.63) is 24.3 Å². The number of rotatable bonds is 11. The molecular formula is C30H54N2O6Si2. The number of Topliss-reactive ketones (excluding diaryl/α,β-unsaturated/α-hetero) is 1. The van der Waals surface area contributed by atoms with Crippen LogP contribution in [0.3, 0.4) is 0 Å². The zero-order valence-corrected chi connectivity index (χ0v) is 29.3. The molecule has 0 aromatic heterocycles. The lowest BCUT2D eigenvalue weighted by Crippen LogP contribution is -2.70. The molecule has 0 radical (unpaired) electrons. The molecule has 0 unspecified atom stereocenters. The molecular weight excluding hydrogens is 541 g/mol. The summed E-state index contributed by atoms with van der Waals surface area (Å²) >= 11 is 0. The number of carbonyl (C=O) groups excluding carboxylic acids is 3. The summed E-state index contributed by atoms with van der Waals surface area (Å²) < 4.78 is 18.6. The number of likely N-dealkylation sites (tertiary alicyclic amines) is 1. The van der Waals surface area contributed by atoms with E-state index in [1.807, 2.05) is 13.0 Å². The van der Waals surface area contributed by atoms with Gasteiger partial charge < -0.3 is 18.9 Å². The zero-order chi connectivity index (χ0) is 30.8. The van der Waals surface area contributed by atoms with Crippen molar-refractivity contribution >= 4 is 35.9 Å². The number of nitrogens with zero attached hydrogens (tertiary/aromatic N) is 1. The second-order valence-corrected chi connectivity index (χ2v) is 19.0. The largest absolute Gasteiger partial charge is 0.445 e. The Labute approximate surface area is 245 Å². The molecule has 2 saturated heterocycles. The van der Waals surface area contributed by atoms with E-state index < -0.39 is 41.4 Å². The van der Waals surface area contributed by atoms with E-state index in [1.54, 1.807) is 17.9 Å². The highest BCUT2D eigenvalue weighted by molar-refractivity contribution is 6.48. The maximum atomic E-state index is 13.7. The highest BCUT2D eigenvalue weighted by Gasteiger charge is 2.57. The fourth-order valence-electron chi connectivity index (χ4n) is 5.84. The Balaban J connectivity index is 2.43. The van der Waals surface area contributed by atoms with Crippen LogP contribution in [0, 0.1) is 22.7 Å². The molecule has 2 fully saturated rings. The summed E-state index contributed by atoms with van der Waals surface area (Å²) in [5.74, 6) is -0.428. The van der Waals surface area contributed by atoms with Crippen LogP contribution in [0.15, 0.2) is 24.3 Å². The average molecular weight is 595 g/mol. The third kappa shape index (κ3) is 7.55. The normalized spacial score (nSPS) is 27.4. The van der Waals surface area contributed by atoms with E-state index >= 15 is 0 Å². The molecule has 0 aliphatic carbocycles. The van der Waals surface area contributed by atoms with Crippen LogP contribution in [0.5, 0.6) is 0 Å². The Morgan fingerprint density at radius 1 is 1.10 bits per heavy atom. The first-order chi connectivity index (χ1) is 18.2. The van der Waals surface area contributed by atoms with Gasteiger partial charge in [0.15, 0.2) is 29.6 Å². The van der Waals surface area contributed by atoms with Crippen LogP contribution >= 0.6 is 0 Å². The van der Waals surface area contributed by atoms with Gasteiger partial charge in [-0.1, -0.05) is 54.2 Å². The van der Waals surface area contributed by atoms with Crippen LogP contribution in [0.4, 0.5) is 4.79 Å². The van der Waals surface area contributed by atoms with Gasteiger partial charge in [0.1, 0.15) is 6.61 Å². The van der Waals surface area contributed by atoms with Crippen LogP contribution in [-0.2, 0) is 23.2 Å². The third-order valence-corrected chi connectivity index (χ3v) is 10.3. The fraction of sp³-hybridized carbons (Fsp3) is 0.767. The molecule has 2 heterocycles. The van der Waals surface area contributed by atoms with Crippen molar-refractivity contribution in [3.8, 4) is 0 Å². The van der Waals surface area contributed by atoms with Gasteiger partial charge in [0.05, 0.1) is 17.6 Å². The number of ketones is 1. The smallest absolute Gasteiger partial charge is 0.412 e. The van der Waals surface area contributed by atoms with Gasteiger partial charge in [-0.3, -0.25) is 14.5 Å². The van der Waals surface area contributed by atoms with Crippen molar-refractivity contribution in [2.24, 2.45) is 22.7 Å². The molecule has 10 heteroatoms. The van der Waals surface area contributed by atoms with E-state index in [4.69, 9.17) is 13.6 Å². The molecule has 0 spiro atoms. The standard InChI is InChI=1S/C30H54N2O6Si2/c1-14-15-36-26(35)32-19-21(27(3,4)5)18-30(32,38-40(12)13)17-20(2)23(33)16-22-24(25(34)31-22)29(9,28(6,7)8)37-39(10)11/h14,17,21-22,24,39-40H,1,15-16,18-19H2,2-13H3,(H,31,34)/b20-17+/t21-,22+,24+,29+,30+/m0/s1. The molecule has 0 bridgehead atoms. The molecule has 0 saturated carbocycles. The summed E-state index contributed by atoms with van der Waals surface area (Å²) in [6.07, 6.45) is 3.64. The zero-order valence-electron chi connectivity index (χ0n) is 27.0. The average Bonchev–Trinajstić information content (AvgIpc) is 3.14. The predicted octanol–water partition coefficient (Wildman–Crippen LogP) is 5.20. The van der Waals surface area contributed by atoms with Crippen molar-refractivity contribution in [2.45, 2.75) is 112 Å². The van der Waals surface area contributed by atoms with E-state index in [-0.39, 0.29) is 47.5 Å². The fourth-order valence-corrected chi connectivity index (χ4v) is 8.43. The minimum absolute atomic E-state index is 0.0722. The first-order valence-corrected chi connectivity index (χ1v) is 20.2. The molecule has 2 aliphatic heterocycles. The summed E-state index contributed by atoms with van der Waals surface area (Å²) in [6, 6.07) is -0.323. The molecule has 2 aliphatic rings. The van der Waals surface area contributed by atoms with Gasteiger partial charge in [0.25, 0.3) is 0 Å². The summed E-state index contributed by atoms with van der Waals surface area (Å²) in [5.41, 5.74) is -1.61. The lowest BCUT2D eigenvalue weighted by Gasteiger charge is -2.54. The lowest BCUT2D eigenvalue weighted by atomic mass is 9.63. The van der Waals surface area contributed by atoms with Crippen molar-refractivity contribution < 1.29 is 28.0 Å². The Kier molecular flexibility index (Phi) is 10.9. The van der Waals surface area contributed by atoms with E-state index in [0.717, 1.165) is 0 Å². The molecule has 2 amide bonds. The number of β-lactam (4-membered cyclic amide) rings is 1. The number of hydrogen-bond donors (Lipinski definition) is 1. The molecule has 8 nitrogen and oxygen atoms in total. The minimum Gasteiger partial charge on any atom is -0.445 e. The number of hydrogen-bond acceptors (Lipinski definition) is 6. The van der Waals surface area contributed by atoms with Gasteiger partial charge in [-0.25, -0.2) is 4.79 Å². The molecule has 0 aromatic rings. The Bertz CT molecular complexity index is 999. The predicted molar refractivity (Wildman–Crippen MR) is 165 cm³/mol. The third-order valence-electron chi connectivity index (χ3n) is 8.47. The van der Waals surface area contributed by atoms with E-state index in [0.29, 0.717) is 18.5 Å². The monoisotopic (exact) mass is 594 g/mol. The number of nitrogens with one attached hydrogen (secondary N) is 1. The highest BCUT2D eigenvalue weighted by atomic mass is 28.3. The van der Waals surface area contributed by atoms with Gasteiger partial charge in [0, 0.05) is 19.4 Å². The number of amides is 2. The quantitative estimate of drug-likeness (QED) is 0.153. The molecule has 5 atom stereocenters. The van der Waals surface area contributed by atoms with Crippen LogP contribution in [0.25, 0.3) is 0 Å². The van der Waals surface area contributed by atoms with Gasteiger partial charge in [0.2, 0.25) is 5.91 Å². The first kappa shape index (κ1) is 34.4. The van der Waals surface area contributed by atoms with E-state index in [2.05, 4.69) is 79.6 Å². The molecule has 228 valence electrons. The Morgan fingerprint density at radius 2 is 1.70 bits per heavy atom. The maximum absolute atomic E-state index is 13.7. The lowest BCUT2D eigenvalue weighted by molar-refractivity contribution is -0.160. The Hall–Kier alpha value is -1.76. The molecule has 1 N–H and O–H groups in total. The van der Waals surface area contributed by atoms with E-state index in [1.165, 1.54) is 0 Å². The van der Waals surface area contributed by atoms with Gasteiger partial charge in [-0.05, 0) is 68.4 Å². The molecule has 0 aromatic carbocycles. The van der Waals surface area contributed by atoms with Crippen molar-refractivity contribution in [1.29, 1.82) is 0 Å². The second-order valence-electron chi connectivity index (χ2n) is 14.3. The SMILES string of the molecule is C=CCOC(=O)N1C[C@@H](C(C)(C)C)C[C@@]1(/C=C(\C)C(=O)C[C@H]1NC(=O)[C@@H]1[C@@](C)(O[SiH](C)C)C(C)(C)C)O[SiH](C)C. The molecule has 2 rings (SSSR count). The highest BCUT2D eigenvalue weighted by Crippen LogP contribution is 2.47. The summed E-state index contributed by atoms with van der Waals surface area (Å²) in [5, 5.41) is 2.97. The van der Waals surface area contributed by atoms with Crippen molar-refractivity contribution in [1.82, 2.24) is 10.2 Å². The van der Waals surface area contributed by atoms with Gasteiger partial charge in [-0.15, -0.1) is 0 Å². The van der Waals surface area contributed by atoms with Crippen LogP contribution in [-0.4, -0.2) is 71.3 Å². The van der Waals surface area contributed by atoms with Crippen molar-refractivity contribution in [2.75, 3.05) is 13.2 Å². The summed E-state index contributed by atoms with van der Waals surface area (Å²) in [7, 11) is -3.14. The first-order valence-electron chi connectivity index (χ1n) is 14.6. The van der Waals surface area contributed by atoms with Gasteiger partial charge >= 0.3 is 6.09 Å². The van der Waals surface area contributed by atoms with Crippen LogP contribution in [0.1, 0.15) is 68.2 Å². The summed E-state index contributed by atoms with van der Waals surface area (Å²) in [4.78, 5) is 41.5. The topological polar surface area (TPSA) is 94.2 Å². The second kappa shape index (κ2) is 12.6. The van der Waals surface area contributed by atoms with E-state index in [9.17, 15) is 14.4 Å². The minimum atomic E-state index is -1.66. The summed E-state index contributed by atoms with van der Waals surface area (Å²) in [6.45, 7) is 29.1. The maximum Gasteiger partial charge on any atom is 0.412 e.